The molecule has 1 aromatic heterocycles. The third kappa shape index (κ3) is 4.46. The van der Waals surface area contributed by atoms with Crippen molar-refractivity contribution < 1.29 is 9.53 Å². The van der Waals surface area contributed by atoms with Crippen LogP contribution in [-0.4, -0.2) is 23.2 Å². The zero-order chi connectivity index (χ0) is 20.3. The van der Waals surface area contributed by atoms with E-state index < -0.39 is 5.91 Å². The summed E-state index contributed by atoms with van der Waals surface area (Å²) in [7, 11) is 0. The van der Waals surface area contributed by atoms with Crippen molar-refractivity contribution in [3.05, 3.63) is 57.4 Å². The van der Waals surface area contributed by atoms with Crippen LogP contribution in [0.25, 0.3) is 6.08 Å². The summed E-state index contributed by atoms with van der Waals surface area (Å²) in [4.78, 5) is 12.6. The first-order chi connectivity index (χ1) is 13.4. The maximum absolute atomic E-state index is 12.6. The molecule has 2 aromatic rings. The molecule has 0 spiro atoms. The van der Waals surface area contributed by atoms with E-state index in [1.54, 1.807) is 18.2 Å². The molecular formula is C22H24ClN3O2. The van der Waals surface area contributed by atoms with Crippen LogP contribution in [0.2, 0.25) is 5.02 Å². The molecular weight excluding hydrogens is 374 g/mol. The van der Waals surface area contributed by atoms with Crippen LogP contribution >= 0.6 is 11.6 Å². The Morgan fingerprint density at radius 2 is 2.18 bits per heavy atom. The second-order valence-corrected chi connectivity index (χ2v) is 7.57. The summed E-state index contributed by atoms with van der Waals surface area (Å²) >= 11 is 6.11. The van der Waals surface area contributed by atoms with Crippen LogP contribution in [0.5, 0.6) is 0 Å². The van der Waals surface area contributed by atoms with E-state index in [-0.39, 0.29) is 11.7 Å². The molecule has 1 aliphatic heterocycles. The number of carbonyl (C=O) groups excluding carboxylic acids is 1. The molecule has 1 atom stereocenters. The number of nitriles is 1. The SMILES string of the molecule is Cc1ccc(NC(=O)/C(C#N)=C/c2cc(C)n(CC3CCCO3)c2C)cc1Cl. The topological polar surface area (TPSA) is 67.0 Å². The van der Waals surface area contributed by atoms with Gasteiger partial charge in [0, 0.05) is 35.2 Å². The fourth-order valence-electron chi connectivity index (χ4n) is 3.42. The molecule has 1 unspecified atom stereocenters. The first-order valence-electron chi connectivity index (χ1n) is 9.36. The maximum Gasteiger partial charge on any atom is 0.266 e. The third-order valence-electron chi connectivity index (χ3n) is 5.12. The monoisotopic (exact) mass is 397 g/mol. The first-order valence-corrected chi connectivity index (χ1v) is 9.74. The molecule has 1 aromatic carbocycles. The minimum atomic E-state index is -0.452. The largest absolute Gasteiger partial charge is 0.376 e. The summed E-state index contributed by atoms with van der Waals surface area (Å²) in [5, 5.41) is 12.8. The van der Waals surface area contributed by atoms with Gasteiger partial charge in [0.2, 0.25) is 0 Å². The van der Waals surface area contributed by atoms with Gasteiger partial charge < -0.3 is 14.6 Å². The molecule has 1 N–H and O–H groups in total. The highest BCUT2D eigenvalue weighted by atomic mass is 35.5. The van der Waals surface area contributed by atoms with Crippen LogP contribution in [0.15, 0.2) is 29.8 Å². The molecule has 5 nitrogen and oxygen atoms in total. The van der Waals surface area contributed by atoms with Crippen LogP contribution in [0.3, 0.4) is 0 Å². The summed E-state index contributed by atoms with van der Waals surface area (Å²) in [6, 6.07) is 9.27. The predicted octanol–water partition coefficient (Wildman–Crippen LogP) is 4.79. The summed E-state index contributed by atoms with van der Waals surface area (Å²) in [5.74, 6) is -0.452. The van der Waals surface area contributed by atoms with Crippen molar-refractivity contribution >= 4 is 29.3 Å². The van der Waals surface area contributed by atoms with Gasteiger partial charge in [0.1, 0.15) is 11.6 Å². The molecule has 0 aliphatic carbocycles. The van der Waals surface area contributed by atoms with Crippen LogP contribution < -0.4 is 5.32 Å². The summed E-state index contributed by atoms with van der Waals surface area (Å²) in [6.45, 7) is 7.53. The second-order valence-electron chi connectivity index (χ2n) is 7.16. The minimum Gasteiger partial charge on any atom is -0.376 e. The van der Waals surface area contributed by atoms with Crippen LogP contribution in [0, 0.1) is 32.1 Å². The van der Waals surface area contributed by atoms with Gasteiger partial charge >= 0.3 is 0 Å². The Kier molecular flexibility index (Phi) is 6.23. The number of ether oxygens (including phenoxy) is 1. The molecule has 1 saturated heterocycles. The standard InChI is InChI=1S/C22H24ClN3O2/c1-14-6-7-19(11-21(14)23)25-22(27)18(12-24)10-17-9-15(2)26(16(17)3)13-20-5-4-8-28-20/h6-7,9-11,20H,4-5,8,13H2,1-3H3,(H,25,27)/b18-10+. The average Bonchev–Trinajstić information content (AvgIpc) is 3.26. The Morgan fingerprint density at radius 1 is 1.39 bits per heavy atom. The lowest BCUT2D eigenvalue weighted by Crippen LogP contribution is -2.17. The van der Waals surface area contributed by atoms with Crippen LogP contribution in [-0.2, 0) is 16.1 Å². The first kappa shape index (κ1) is 20.2. The number of rotatable bonds is 5. The quantitative estimate of drug-likeness (QED) is 0.582. The van der Waals surface area contributed by atoms with Crippen molar-refractivity contribution in [2.24, 2.45) is 0 Å². The maximum atomic E-state index is 12.6. The van der Waals surface area contributed by atoms with Gasteiger partial charge in [0.05, 0.1) is 6.10 Å². The Labute approximate surface area is 170 Å². The molecule has 6 heteroatoms. The molecule has 2 heterocycles. The Bertz CT molecular complexity index is 963. The molecule has 146 valence electrons. The van der Waals surface area contributed by atoms with Gasteiger partial charge in [-0.05, 0) is 69.0 Å². The number of amides is 1. The van der Waals surface area contributed by atoms with E-state index >= 15 is 0 Å². The molecule has 0 bridgehead atoms. The van der Waals surface area contributed by atoms with Gasteiger partial charge in [-0.2, -0.15) is 5.26 Å². The van der Waals surface area contributed by atoms with Crippen molar-refractivity contribution in [3.63, 3.8) is 0 Å². The number of anilines is 1. The highest BCUT2D eigenvalue weighted by molar-refractivity contribution is 6.31. The van der Waals surface area contributed by atoms with Crippen molar-refractivity contribution in [2.45, 2.75) is 46.3 Å². The number of nitrogens with one attached hydrogen (secondary N) is 1. The smallest absolute Gasteiger partial charge is 0.266 e. The van der Waals surface area contributed by atoms with Crippen LogP contribution in [0.1, 0.15) is 35.4 Å². The summed E-state index contributed by atoms with van der Waals surface area (Å²) in [6.07, 6.45) is 4.03. The zero-order valence-corrected chi connectivity index (χ0v) is 17.1. The molecule has 0 radical (unpaired) electrons. The second kappa shape index (κ2) is 8.64. The van der Waals surface area contributed by atoms with Crippen molar-refractivity contribution in [1.82, 2.24) is 4.57 Å². The van der Waals surface area contributed by atoms with E-state index in [9.17, 15) is 10.1 Å². The van der Waals surface area contributed by atoms with E-state index in [0.29, 0.717) is 10.7 Å². The Hall–Kier alpha value is -2.55. The lowest BCUT2D eigenvalue weighted by molar-refractivity contribution is -0.112. The third-order valence-corrected chi connectivity index (χ3v) is 5.52. The summed E-state index contributed by atoms with van der Waals surface area (Å²) < 4.78 is 7.93. The van der Waals surface area contributed by atoms with Crippen molar-refractivity contribution in [3.8, 4) is 6.07 Å². The van der Waals surface area contributed by atoms with Gasteiger partial charge in [-0.15, -0.1) is 0 Å². The normalized spacial score (nSPS) is 16.8. The lowest BCUT2D eigenvalue weighted by Gasteiger charge is -2.14. The van der Waals surface area contributed by atoms with Crippen molar-refractivity contribution in [2.75, 3.05) is 11.9 Å². The van der Waals surface area contributed by atoms with Gasteiger partial charge in [-0.1, -0.05) is 17.7 Å². The molecule has 1 amide bonds. The number of hydrogen-bond acceptors (Lipinski definition) is 3. The van der Waals surface area contributed by atoms with Gasteiger partial charge in [0.15, 0.2) is 0 Å². The minimum absolute atomic E-state index is 0.0501. The molecule has 1 aliphatic rings. The van der Waals surface area contributed by atoms with Gasteiger partial charge in [0.25, 0.3) is 5.91 Å². The Morgan fingerprint density at radius 3 is 2.82 bits per heavy atom. The fraction of sp³-hybridized carbons (Fsp3) is 0.364. The number of aryl methyl sites for hydroxylation is 2. The number of benzene rings is 1. The number of carbonyl (C=O) groups is 1. The fourth-order valence-corrected chi connectivity index (χ4v) is 3.60. The highest BCUT2D eigenvalue weighted by Crippen LogP contribution is 2.23. The molecule has 28 heavy (non-hydrogen) atoms. The van der Waals surface area contributed by atoms with E-state index in [2.05, 4.69) is 9.88 Å². The van der Waals surface area contributed by atoms with Gasteiger partial charge in [-0.25, -0.2) is 0 Å². The van der Waals surface area contributed by atoms with Crippen LogP contribution in [0.4, 0.5) is 5.69 Å². The molecule has 3 rings (SSSR count). The average molecular weight is 398 g/mol. The predicted molar refractivity (Wildman–Crippen MR) is 111 cm³/mol. The van der Waals surface area contributed by atoms with E-state index in [1.807, 2.05) is 39.0 Å². The molecule has 0 saturated carbocycles. The zero-order valence-electron chi connectivity index (χ0n) is 16.4. The number of nitrogens with zero attached hydrogens (tertiary/aromatic N) is 2. The number of halogens is 1. The highest BCUT2D eigenvalue weighted by Gasteiger charge is 2.19. The van der Waals surface area contributed by atoms with E-state index in [4.69, 9.17) is 16.3 Å². The van der Waals surface area contributed by atoms with Crippen molar-refractivity contribution in [1.29, 1.82) is 5.26 Å². The number of hydrogen-bond donors (Lipinski definition) is 1. The van der Waals surface area contributed by atoms with E-state index in [1.165, 1.54) is 0 Å². The lowest BCUT2D eigenvalue weighted by atomic mass is 10.1. The number of aromatic nitrogens is 1. The van der Waals surface area contributed by atoms with Gasteiger partial charge in [-0.3, -0.25) is 4.79 Å². The Balaban J connectivity index is 1.80. The summed E-state index contributed by atoms with van der Waals surface area (Å²) in [5.41, 5.74) is 4.51. The molecule has 1 fully saturated rings. The van der Waals surface area contributed by atoms with E-state index in [0.717, 1.165) is 48.5 Å².